The third kappa shape index (κ3) is 7.34. The van der Waals surface area contributed by atoms with Gasteiger partial charge in [-0.2, -0.15) is 0 Å². The third-order valence-corrected chi connectivity index (χ3v) is 4.77. The summed E-state index contributed by atoms with van der Waals surface area (Å²) in [5.74, 6) is 0.496. The van der Waals surface area contributed by atoms with Gasteiger partial charge in [-0.1, -0.05) is 20.3 Å². The Morgan fingerprint density at radius 1 is 1.39 bits per heavy atom. The summed E-state index contributed by atoms with van der Waals surface area (Å²) in [5, 5.41) is 2.74. The van der Waals surface area contributed by atoms with E-state index in [0.717, 1.165) is 6.42 Å². The van der Waals surface area contributed by atoms with Gasteiger partial charge in [0.2, 0.25) is 5.91 Å². The Bertz CT molecular complexity index is 280. The maximum atomic E-state index is 11.7. The molecule has 0 aromatic rings. The first-order valence-electron chi connectivity index (χ1n) is 6.12. The molecule has 0 fully saturated rings. The first kappa shape index (κ1) is 20.2. The van der Waals surface area contributed by atoms with Gasteiger partial charge in [0.05, 0.1) is 6.04 Å². The summed E-state index contributed by atoms with van der Waals surface area (Å²) in [5.41, 5.74) is 5.79. The number of hydrogen-bond acceptors (Lipinski definition) is 3. The van der Waals surface area contributed by atoms with E-state index in [1.165, 1.54) is 0 Å². The lowest BCUT2D eigenvalue weighted by atomic mass is 9.99. The number of nitrogens with two attached hydrogens (primary N) is 1. The molecule has 0 aliphatic heterocycles. The van der Waals surface area contributed by atoms with Crippen LogP contribution in [0.2, 0.25) is 0 Å². The fourth-order valence-electron chi connectivity index (χ4n) is 1.20. The molecule has 3 atom stereocenters. The summed E-state index contributed by atoms with van der Waals surface area (Å²) < 4.78 is 11.5. The first-order chi connectivity index (χ1) is 7.70. The van der Waals surface area contributed by atoms with Gasteiger partial charge < -0.3 is 11.1 Å². The zero-order valence-electron chi connectivity index (χ0n) is 12.0. The molecule has 3 unspecified atom stereocenters. The van der Waals surface area contributed by atoms with Crippen molar-refractivity contribution < 1.29 is 9.00 Å². The second kappa shape index (κ2) is 8.88. The normalized spacial score (nSPS) is 16.3. The van der Waals surface area contributed by atoms with Crippen LogP contribution >= 0.6 is 12.4 Å². The average Bonchev–Trinajstić information content (AvgIpc) is 2.25. The lowest BCUT2D eigenvalue weighted by Crippen LogP contribution is -2.46. The summed E-state index contributed by atoms with van der Waals surface area (Å²) in [7, 11) is -0.935. The van der Waals surface area contributed by atoms with Gasteiger partial charge in [-0.25, -0.2) is 0 Å². The maximum absolute atomic E-state index is 11.7. The number of nitrogens with one attached hydrogen (secondary N) is 1. The van der Waals surface area contributed by atoms with Crippen LogP contribution < -0.4 is 11.1 Å². The maximum Gasteiger partial charge on any atom is 0.237 e. The van der Waals surface area contributed by atoms with Crippen LogP contribution in [0.5, 0.6) is 0 Å². The molecular weight excluding hydrogens is 272 g/mol. The monoisotopic (exact) mass is 298 g/mol. The second-order valence-electron chi connectivity index (χ2n) is 5.36. The highest BCUT2D eigenvalue weighted by Gasteiger charge is 2.21. The average molecular weight is 299 g/mol. The Morgan fingerprint density at radius 3 is 2.28 bits per heavy atom. The first-order valence-corrected chi connectivity index (χ1v) is 7.43. The molecule has 1 amide bonds. The van der Waals surface area contributed by atoms with E-state index in [2.05, 4.69) is 5.32 Å². The van der Waals surface area contributed by atoms with Crippen LogP contribution in [0.1, 0.15) is 41.0 Å². The number of hydrogen-bond donors (Lipinski definition) is 2. The molecule has 0 aliphatic carbocycles. The van der Waals surface area contributed by atoms with E-state index >= 15 is 0 Å². The minimum Gasteiger partial charge on any atom is -0.354 e. The van der Waals surface area contributed by atoms with Gasteiger partial charge in [0.15, 0.2) is 0 Å². The van der Waals surface area contributed by atoms with Gasteiger partial charge in [0.1, 0.15) is 0 Å². The lowest BCUT2D eigenvalue weighted by Gasteiger charge is -2.20. The van der Waals surface area contributed by atoms with Crippen LogP contribution in [0.25, 0.3) is 0 Å². The zero-order valence-corrected chi connectivity index (χ0v) is 13.6. The Labute approximate surface area is 119 Å². The lowest BCUT2D eigenvalue weighted by molar-refractivity contribution is -0.123. The molecule has 0 bridgehead atoms. The Hall–Kier alpha value is -0.130. The van der Waals surface area contributed by atoms with E-state index in [0.29, 0.717) is 12.3 Å². The Balaban J connectivity index is 0. The van der Waals surface area contributed by atoms with Crippen molar-refractivity contribution >= 4 is 29.1 Å². The van der Waals surface area contributed by atoms with Crippen molar-refractivity contribution in [3.63, 3.8) is 0 Å². The van der Waals surface area contributed by atoms with Gasteiger partial charge in [-0.05, 0) is 26.7 Å². The molecule has 6 heteroatoms. The molecule has 0 saturated heterocycles. The van der Waals surface area contributed by atoms with E-state index in [1.54, 1.807) is 0 Å². The summed E-state index contributed by atoms with van der Waals surface area (Å²) >= 11 is 0. The van der Waals surface area contributed by atoms with E-state index in [-0.39, 0.29) is 29.0 Å². The fourth-order valence-corrected chi connectivity index (χ4v) is 2.10. The second-order valence-corrected chi connectivity index (χ2v) is 7.69. The van der Waals surface area contributed by atoms with Crippen molar-refractivity contribution in [3.8, 4) is 0 Å². The molecule has 0 saturated carbocycles. The zero-order chi connectivity index (χ0) is 13.6. The molecule has 3 N–H and O–H groups in total. The molecule has 0 radical (unpaired) electrons. The quantitative estimate of drug-likeness (QED) is 0.779. The minimum atomic E-state index is -0.935. The number of rotatable bonds is 6. The van der Waals surface area contributed by atoms with Crippen LogP contribution in [0.15, 0.2) is 0 Å². The number of carbonyl (C=O) groups is 1. The predicted octanol–water partition coefficient (Wildman–Crippen LogP) is 1.45. The summed E-state index contributed by atoms with van der Waals surface area (Å²) in [6, 6.07) is -0.469. The van der Waals surface area contributed by atoms with Crippen molar-refractivity contribution in [2.45, 2.75) is 51.8 Å². The SMILES string of the molecule is CCC(C)C(N)C(=O)NCCS(=O)C(C)(C)C.Cl. The molecule has 110 valence electrons. The fraction of sp³-hybridized carbons (Fsp3) is 0.917. The van der Waals surface area contributed by atoms with Crippen LogP contribution in [0.3, 0.4) is 0 Å². The van der Waals surface area contributed by atoms with Crippen molar-refractivity contribution in [2.24, 2.45) is 11.7 Å². The Kier molecular flexibility index (Phi) is 9.97. The van der Waals surface area contributed by atoms with E-state index in [9.17, 15) is 9.00 Å². The molecule has 4 nitrogen and oxygen atoms in total. The largest absolute Gasteiger partial charge is 0.354 e. The molecule has 18 heavy (non-hydrogen) atoms. The number of halogens is 1. The van der Waals surface area contributed by atoms with Gasteiger partial charge in [-0.15, -0.1) is 12.4 Å². The van der Waals surface area contributed by atoms with Crippen molar-refractivity contribution in [2.75, 3.05) is 12.3 Å². The van der Waals surface area contributed by atoms with Crippen molar-refractivity contribution in [1.82, 2.24) is 5.32 Å². The van der Waals surface area contributed by atoms with Gasteiger partial charge in [-0.3, -0.25) is 9.00 Å². The van der Waals surface area contributed by atoms with E-state index in [1.807, 2.05) is 34.6 Å². The van der Waals surface area contributed by atoms with E-state index < -0.39 is 16.8 Å². The molecule has 0 aliphatic rings. The van der Waals surface area contributed by atoms with Crippen LogP contribution in [-0.4, -0.2) is 33.2 Å². The molecular formula is C12H27ClN2O2S. The van der Waals surface area contributed by atoms with Crippen molar-refractivity contribution in [3.05, 3.63) is 0 Å². The van der Waals surface area contributed by atoms with E-state index in [4.69, 9.17) is 5.73 Å². The molecule has 0 heterocycles. The van der Waals surface area contributed by atoms with Crippen LogP contribution in [-0.2, 0) is 15.6 Å². The topological polar surface area (TPSA) is 72.2 Å². The van der Waals surface area contributed by atoms with Gasteiger partial charge in [0, 0.05) is 27.8 Å². The highest BCUT2D eigenvalue weighted by Crippen LogP contribution is 2.10. The third-order valence-electron chi connectivity index (χ3n) is 2.83. The predicted molar refractivity (Wildman–Crippen MR) is 80.5 cm³/mol. The van der Waals surface area contributed by atoms with Gasteiger partial charge >= 0.3 is 0 Å². The van der Waals surface area contributed by atoms with Crippen LogP contribution in [0.4, 0.5) is 0 Å². The summed E-state index contributed by atoms with van der Waals surface area (Å²) in [6.07, 6.45) is 0.877. The smallest absolute Gasteiger partial charge is 0.237 e. The molecule has 0 rings (SSSR count). The molecule has 0 aromatic heterocycles. The standard InChI is InChI=1S/C12H26N2O2S.ClH/c1-6-9(2)10(13)11(15)14-7-8-17(16)12(3,4)5;/h9-10H,6-8,13H2,1-5H3,(H,14,15);1H. The summed E-state index contributed by atoms with van der Waals surface area (Å²) in [6.45, 7) is 10.2. The van der Waals surface area contributed by atoms with Crippen LogP contribution in [0, 0.1) is 5.92 Å². The Morgan fingerprint density at radius 2 is 1.89 bits per heavy atom. The molecule has 0 spiro atoms. The highest BCUT2D eigenvalue weighted by molar-refractivity contribution is 7.86. The summed E-state index contributed by atoms with van der Waals surface area (Å²) in [4.78, 5) is 11.6. The molecule has 0 aromatic carbocycles. The minimum absolute atomic E-state index is 0. The highest BCUT2D eigenvalue weighted by atomic mass is 35.5. The van der Waals surface area contributed by atoms with Crippen molar-refractivity contribution in [1.29, 1.82) is 0 Å². The number of amides is 1. The van der Waals surface area contributed by atoms with Gasteiger partial charge in [0.25, 0.3) is 0 Å². The number of carbonyl (C=O) groups excluding carboxylic acids is 1.